The van der Waals surface area contributed by atoms with Gasteiger partial charge in [-0.3, -0.25) is 4.98 Å². The molecule has 0 fully saturated rings. The number of fused-ring (bicyclic) bond motifs is 1. The summed E-state index contributed by atoms with van der Waals surface area (Å²) >= 11 is 0. The molecule has 0 N–H and O–H groups in total. The highest BCUT2D eigenvalue weighted by Gasteiger charge is 2.05. The van der Waals surface area contributed by atoms with Crippen LogP contribution in [0.15, 0.2) is 24.8 Å². The van der Waals surface area contributed by atoms with Crippen molar-refractivity contribution in [3.8, 4) is 0 Å². The fourth-order valence-corrected chi connectivity index (χ4v) is 1.44. The van der Waals surface area contributed by atoms with Crippen molar-refractivity contribution in [2.45, 2.75) is 20.3 Å². The molecule has 0 bridgehead atoms. The van der Waals surface area contributed by atoms with Crippen molar-refractivity contribution in [3.05, 3.63) is 30.5 Å². The Kier molecular flexibility index (Phi) is 2.00. The van der Waals surface area contributed by atoms with Gasteiger partial charge in [0.25, 0.3) is 0 Å². The number of hydrogen-bond donors (Lipinski definition) is 0. The second-order valence-electron chi connectivity index (χ2n) is 3.63. The summed E-state index contributed by atoms with van der Waals surface area (Å²) in [6.07, 6.45) is 8.49. The zero-order chi connectivity index (χ0) is 9.26. The van der Waals surface area contributed by atoms with Gasteiger partial charge in [0, 0.05) is 24.8 Å². The second-order valence-corrected chi connectivity index (χ2v) is 3.63. The third-order valence-electron chi connectivity index (χ3n) is 1.99. The lowest BCUT2D eigenvalue weighted by Gasteiger charge is -2.04. The highest BCUT2D eigenvalue weighted by Crippen LogP contribution is 2.10. The molecule has 3 nitrogen and oxygen atoms in total. The van der Waals surface area contributed by atoms with Crippen molar-refractivity contribution in [2.75, 3.05) is 0 Å². The van der Waals surface area contributed by atoms with Gasteiger partial charge < -0.3 is 4.40 Å². The zero-order valence-corrected chi connectivity index (χ0v) is 7.94. The van der Waals surface area contributed by atoms with Crippen LogP contribution in [0.3, 0.4) is 0 Å². The fraction of sp³-hybridized carbons (Fsp3) is 0.400. The van der Waals surface area contributed by atoms with Crippen molar-refractivity contribution >= 4 is 5.65 Å². The molecule has 2 aromatic heterocycles. The molecule has 0 amide bonds. The van der Waals surface area contributed by atoms with E-state index in [0.717, 1.165) is 17.8 Å². The monoisotopic (exact) mass is 175 g/mol. The van der Waals surface area contributed by atoms with E-state index in [4.69, 9.17) is 0 Å². The van der Waals surface area contributed by atoms with E-state index in [2.05, 4.69) is 23.8 Å². The van der Waals surface area contributed by atoms with Gasteiger partial charge in [-0.1, -0.05) is 13.8 Å². The molecular formula is C10H13N3. The van der Waals surface area contributed by atoms with Gasteiger partial charge in [0.1, 0.15) is 0 Å². The molecule has 3 heteroatoms. The standard InChI is InChI=1S/C10H13N3/c1-8(2)7-9-10-12-4-6-13(10)5-3-11-9/h3-6,8H,7H2,1-2H3. The molecule has 0 aliphatic carbocycles. The Bertz CT molecular complexity index is 403. The predicted molar refractivity (Wildman–Crippen MR) is 51.5 cm³/mol. The Labute approximate surface area is 77.4 Å². The van der Waals surface area contributed by atoms with Crippen LogP contribution in [-0.2, 0) is 6.42 Å². The molecule has 0 radical (unpaired) electrons. The summed E-state index contributed by atoms with van der Waals surface area (Å²) in [6.45, 7) is 4.38. The maximum atomic E-state index is 4.34. The van der Waals surface area contributed by atoms with E-state index in [9.17, 15) is 0 Å². The lowest BCUT2D eigenvalue weighted by Crippen LogP contribution is -2.00. The summed E-state index contributed by atoms with van der Waals surface area (Å²) < 4.78 is 2.00. The van der Waals surface area contributed by atoms with Gasteiger partial charge in [-0.05, 0) is 12.3 Å². The molecular weight excluding hydrogens is 162 g/mol. The van der Waals surface area contributed by atoms with Crippen LogP contribution >= 0.6 is 0 Å². The van der Waals surface area contributed by atoms with Crippen LogP contribution in [-0.4, -0.2) is 14.4 Å². The average molecular weight is 175 g/mol. The Hall–Kier alpha value is -1.38. The van der Waals surface area contributed by atoms with Crippen molar-refractivity contribution in [1.29, 1.82) is 0 Å². The molecule has 0 atom stereocenters. The van der Waals surface area contributed by atoms with Crippen LogP contribution in [0.4, 0.5) is 0 Å². The topological polar surface area (TPSA) is 30.2 Å². The van der Waals surface area contributed by atoms with E-state index in [1.165, 1.54) is 0 Å². The molecule has 0 spiro atoms. The van der Waals surface area contributed by atoms with E-state index in [1.807, 2.05) is 23.0 Å². The highest BCUT2D eigenvalue weighted by molar-refractivity contribution is 5.43. The minimum Gasteiger partial charge on any atom is -0.304 e. The highest BCUT2D eigenvalue weighted by atomic mass is 15.0. The maximum Gasteiger partial charge on any atom is 0.158 e. The summed E-state index contributed by atoms with van der Waals surface area (Å²) in [5, 5.41) is 0. The van der Waals surface area contributed by atoms with Gasteiger partial charge in [0.2, 0.25) is 0 Å². The van der Waals surface area contributed by atoms with Crippen LogP contribution in [0.5, 0.6) is 0 Å². The molecule has 0 saturated carbocycles. The quantitative estimate of drug-likeness (QED) is 0.698. The smallest absolute Gasteiger partial charge is 0.158 e. The fourth-order valence-electron chi connectivity index (χ4n) is 1.44. The predicted octanol–water partition coefficient (Wildman–Crippen LogP) is 1.93. The first-order valence-corrected chi connectivity index (χ1v) is 4.54. The minimum atomic E-state index is 0.621. The summed E-state index contributed by atoms with van der Waals surface area (Å²) in [6, 6.07) is 0. The van der Waals surface area contributed by atoms with Gasteiger partial charge in [-0.15, -0.1) is 0 Å². The first-order valence-electron chi connectivity index (χ1n) is 4.54. The lowest BCUT2D eigenvalue weighted by atomic mass is 10.1. The minimum absolute atomic E-state index is 0.621. The zero-order valence-electron chi connectivity index (χ0n) is 7.94. The van der Waals surface area contributed by atoms with Gasteiger partial charge in [0.05, 0.1) is 5.69 Å². The van der Waals surface area contributed by atoms with Crippen molar-refractivity contribution in [2.24, 2.45) is 5.92 Å². The van der Waals surface area contributed by atoms with Crippen LogP contribution in [0.25, 0.3) is 5.65 Å². The Morgan fingerprint density at radius 2 is 1.92 bits per heavy atom. The molecule has 13 heavy (non-hydrogen) atoms. The Morgan fingerprint density at radius 1 is 1.23 bits per heavy atom. The molecule has 0 unspecified atom stereocenters. The first kappa shape index (κ1) is 8.23. The molecule has 0 aromatic carbocycles. The van der Waals surface area contributed by atoms with E-state index < -0.39 is 0 Å². The molecule has 2 aromatic rings. The maximum absolute atomic E-state index is 4.34. The molecule has 0 saturated heterocycles. The lowest BCUT2D eigenvalue weighted by molar-refractivity contribution is 0.635. The van der Waals surface area contributed by atoms with Crippen molar-refractivity contribution in [3.63, 3.8) is 0 Å². The number of imidazole rings is 1. The van der Waals surface area contributed by atoms with Gasteiger partial charge in [-0.2, -0.15) is 0 Å². The molecule has 0 aliphatic heterocycles. The number of nitrogens with zero attached hydrogens (tertiary/aromatic N) is 3. The van der Waals surface area contributed by atoms with E-state index >= 15 is 0 Å². The summed E-state index contributed by atoms with van der Waals surface area (Å²) in [5.41, 5.74) is 2.07. The third kappa shape index (κ3) is 1.54. The molecule has 2 heterocycles. The molecule has 2 rings (SSSR count). The van der Waals surface area contributed by atoms with Gasteiger partial charge in [-0.25, -0.2) is 4.98 Å². The van der Waals surface area contributed by atoms with Crippen molar-refractivity contribution in [1.82, 2.24) is 14.4 Å². The van der Waals surface area contributed by atoms with Crippen molar-refractivity contribution < 1.29 is 0 Å². The third-order valence-corrected chi connectivity index (χ3v) is 1.99. The van der Waals surface area contributed by atoms with Gasteiger partial charge in [0.15, 0.2) is 5.65 Å². The number of aromatic nitrogens is 3. The number of rotatable bonds is 2. The van der Waals surface area contributed by atoms with E-state index in [0.29, 0.717) is 5.92 Å². The SMILES string of the molecule is CC(C)Cc1nccn2ccnc12. The summed E-state index contributed by atoms with van der Waals surface area (Å²) in [4.78, 5) is 8.61. The van der Waals surface area contributed by atoms with Crippen LogP contribution in [0, 0.1) is 5.92 Å². The van der Waals surface area contributed by atoms with Crippen LogP contribution < -0.4 is 0 Å². The molecule has 68 valence electrons. The average Bonchev–Trinajstić information content (AvgIpc) is 2.51. The Balaban J connectivity index is 2.48. The largest absolute Gasteiger partial charge is 0.304 e. The van der Waals surface area contributed by atoms with E-state index in [-0.39, 0.29) is 0 Å². The van der Waals surface area contributed by atoms with Crippen LogP contribution in [0.2, 0.25) is 0 Å². The molecule has 0 aliphatic rings. The summed E-state index contributed by atoms with van der Waals surface area (Å²) in [5.74, 6) is 0.621. The van der Waals surface area contributed by atoms with E-state index in [1.54, 1.807) is 6.20 Å². The summed E-state index contributed by atoms with van der Waals surface area (Å²) in [7, 11) is 0. The Morgan fingerprint density at radius 3 is 2.62 bits per heavy atom. The normalized spacial score (nSPS) is 11.3. The van der Waals surface area contributed by atoms with Gasteiger partial charge >= 0.3 is 0 Å². The first-order chi connectivity index (χ1) is 6.27. The van der Waals surface area contributed by atoms with Crippen LogP contribution in [0.1, 0.15) is 19.5 Å². The number of hydrogen-bond acceptors (Lipinski definition) is 2. The second kappa shape index (κ2) is 3.17.